The van der Waals surface area contributed by atoms with Gasteiger partial charge in [-0.25, -0.2) is 9.97 Å². The number of carbonyl (C=O) groups excluding carboxylic acids is 2. The van der Waals surface area contributed by atoms with Crippen molar-refractivity contribution in [2.75, 3.05) is 32.5 Å². The fourth-order valence-corrected chi connectivity index (χ4v) is 6.06. The van der Waals surface area contributed by atoms with Gasteiger partial charge in [0.15, 0.2) is 11.6 Å². The van der Waals surface area contributed by atoms with Gasteiger partial charge in [-0.1, -0.05) is 18.7 Å². The number of anilines is 1. The van der Waals surface area contributed by atoms with Gasteiger partial charge in [0, 0.05) is 37.9 Å². The Morgan fingerprint density at radius 3 is 2.79 bits per heavy atom. The summed E-state index contributed by atoms with van der Waals surface area (Å²) in [6.07, 6.45) is 7.57. The van der Waals surface area contributed by atoms with E-state index in [2.05, 4.69) is 27.2 Å². The van der Waals surface area contributed by atoms with Gasteiger partial charge in [0.2, 0.25) is 5.91 Å². The maximum absolute atomic E-state index is 13.5. The zero-order valence-corrected chi connectivity index (χ0v) is 22.6. The zero-order valence-electron chi connectivity index (χ0n) is 22.6. The maximum atomic E-state index is 13.5. The number of ether oxygens (including phenoxy) is 1. The van der Waals surface area contributed by atoms with Crippen LogP contribution in [0.4, 0.5) is 5.82 Å². The first kappa shape index (κ1) is 25.2. The van der Waals surface area contributed by atoms with Crippen LogP contribution in [0.5, 0.6) is 5.75 Å². The highest BCUT2D eigenvalue weighted by Crippen LogP contribution is 2.57. The summed E-state index contributed by atoms with van der Waals surface area (Å²) in [5, 5.41) is 0. The molecule has 202 valence electrons. The molecule has 2 aromatic heterocycles. The fourth-order valence-electron chi connectivity index (χ4n) is 6.06. The standard InChI is InChI=1S/C30H34N6O3/c1-4-25(37)34(3)13-14-39-27-26(32-18-33-28(27)31)20-5-6-21(19(2)15-20)17-35-11-12-36-23-7-8-30(9-10-30)22(23)16-24(36)29(35)38/h4-6,15-16,18H,1,7-14,17H2,2-3H3,(H2,31,32,33). The van der Waals surface area contributed by atoms with Crippen LogP contribution in [0.2, 0.25) is 0 Å². The van der Waals surface area contributed by atoms with Gasteiger partial charge >= 0.3 is 0 Å². The summed E-state index contributed by atoms with van der Waals surface area (Å²) < 4.78 is 8.22. The number of fused-ring (bicyclic) bond motifs is 4. The number of nitrogens with zero attached hydrogens (tertiary/aromatic N) is 5. The summed E-state index contributed by atoms with van der Waals surface area (Å²) in [7, 11) is 1.68. The molecule has 2 N–H and O–H groups in total. The molecule has 1 saturated carbocycles. The largest absolute Gasteiger partial charge is 0.486 e. The summed E-state index contributed by atoms with van der Waals surface area (Å²) >= 11 is 0. The van der Waals surface area contributed by atoms with Crippen molar-refractivity contribution in [3.05, 3.63) is 71.3 Å². The molecule has 3 aliphatic rings. The number of aromatic nitrogens is 3. The quantitative estimate of drug-likeness (QED) is 0.451. The van der Waals surface area contributed by atoms with Crippen LogP contribution < -0.4 is 10.5 Å². The van der Waals surface area contributed by atoms with Crippen molar-refractivity contribution in [2.45, 2.75) is 51.1 Å². The van der Waals surface area contributed by atoms with Crippen LogP contribution in [-0.4, -0.2) is 62.9 Å². The monoisotopic (exact) mass is 526 g/mol. The number of carbonyl (C=O) groups is 2. The summed E-state index contributed by atoms with van der Waals surface area (Å²) in [6, 6.07) is 8.25. The second kappa shape index (κ2) is 9.55. The molecule has 1 aliphatic heterocycles. The molecule has 2 amide bonds. The van der Waals surface area contributed by atoms with E-state index in [1.807, 2.05) is 30.0 Å². The van der Waals surface area contributed by atoms with Crippen molar-refractivity contribution in [1.82, 2.24) is 24.3 Å². The third kappa shape index (κ3) is 4.35. The summed E-state index contributed by atoms with van der Waals surface area (Å²) in [5.41, 5.74) is 13.8. The molecule has 9 nitrogen and oxygen atoms in total. The number of amides is 2. The van der Waals surface area contributed by atoms with E-state index in [1.54, 1.807) is 7.05 Å². The summed E-state index contributed by atoms with van der Waals surface area (Å²) in [6.45, 7) is 8.29. The minimum atomic E-state index is -0.182. The molecule has 1 fully saturated rings. The first-order valence-corrected chi connectivity index (χ1v) is 13.5. The normalized spacial score (nSPS) is 16.7. The Kier molecular flexibility index (Phi) is 6.16. The fraction of sp³-hybridized carbons (Fsp3) is 0.400. The van der Waals surface area contributed by atoms with Crippen molar-refractivity contribution < 1.29 is 14.3 Å². The molecule has 3 heterocycles. The number of nitrogens with two attached hydrogens (primary N) is 1. The third-order valence-corrected chi connectivity index (χ3v) is 8.61. The number of hydrogen-bond acceptors (Lipinski definition) is 6. The number of nitrogen functional groups attached to an aromatic ring is 1. The Labute approximate surface area is 228 Å². The molecular formula is C30H34N6O3. The van der Waals surface area contributed by atoms with Crippen molar-refractivity contribution in [2.24, 2.45) is 0 Å². The molecule has 3 aromatic rings. The number of likely N-dealkylation sites (N-methyl/N-ethyl adjacent to an activating group) is 1. The highest BCUT2D eigenvalue weighted by molar-refractivity contribution is 5.94. The van der Waals surface area contributed by atoms with E-state index in [4.69, 9.17) is 10.5 Å². The van der Waals surface area contributed by atoms with Crippen LogP contribution in [0, 0.1) is 6.92 Å². The molecule has 9 heteroatoms. The van der Waals surface area contributed by atoms with Gasteiger partial charge in [0.05, 0.1) is 6.54 Å². The van der Waals surface area contributed by atoms with E-state index < -0.39 is 0 Å². The molecule has 1 aromatic carbocycles. The van der Waals surface area contributed by atoms with Crippen LogP contribution in [0.1, 0.15) is 52.1 Å². The second-order valence-electron chi connectivity index (χ2n) is 10.9. The van der Waals surface area contributed by atoms with Crippen molar-refractivity contribution >= 4 is 17.6 Å². The molecule has 39 heavy (non-hydrogen) atoms. The zero-order chi connectivity index (χ0) is 27.3. The van der Waals surface area contributed by atoms with E-state index in [9.17, 15) is 9.59 Å². The van der Waals surface area contributed by atoms with Crippen molar-refractivity contribution in [1.29, 1.82) is 0 Å². The Morgan fingerprint density at radius 1 is 1.23 bits per heavy atom. The Balaban J connectivity index is 1.18. The van der Waals surface area contributed by atoms with Crippen molar-refractivity contribution in [3.63, 3.8) is 0 Å². The van der Waals surface area contributed by atoms with Crippen LogP contribution >= 0.6 is 0 Å². The van der Waals surface area contributed by atoms with Gasteiger partial charge in [-0.2, -0.15) is 0 Å². The minimum Gasteiger partial charge on any atom is -0.486 e. The topological polar surface area (TPSA) is 107 Å². The van der Waals surface area contributed by atoms with E-state index in [-0.39, 0.29) is 24.2 Å². The highest BCUT2D eigenvalue weighted by atomic mass is 16.5. The number of benzene rings is 1. The lowest BCUT2D eigenvalue weighted by molar-refractivity contribution is -0.125. The van der Waals surface area contributed by atoms with E-state index >= 15 is 0 Å². The predicted molar refractivity (Wildman–Crippen MR) is 148 cm³/mol. The average Bonchev–Trinajstić information content (AvgIpc) is 3.50. The Hall–Kier alpha value is -4.14. The molecule has 0 atom stereocenters. The summed E-state index contributed by atoms with van der Waals surface area (Å²) in [4.78, 5) is 37.2. The van der Waals surface area contributed by atoms with Gasteiger partial charge in [0.1, 0.15) is 24.3 Å². The van der Waals surface area contributed by atoms with Gasteiger partial charge in [-0.3, -0.25) is 9.59 Å². The smallest absolute Gasteiger partial charge is 0.270 e. The first-order chi connectivity index (χ1) is 18.8. The highest BCUT2D eigenvalue weighted by Gasteiger charge is 2.51. The van der Waals surface area contributed by atoms with Crippen LogP contribution in [0.3, 0.4) is 0 Å². The van der Waals surface area contributed by atoms with Crippen LogP contribution in [0.15, 0.2) is 43.2 Å². The average molecular weight is 527 g/mol. The molecule has 1 spiro atoms. The SMILES string of the molecule is C=CC(=O)N(C)CCOc1c(N)ncnc1-c1ccc(CN2CCn3c(cc4c3CCC43CC3)C2=O)c(C)c1. The molecule has 0 unspecified atom stereocenters. The molecule has 0 radical (unpaired) electrons. The van der Waals surface area contributed by atoms with Gasteiger partial charge in [0.25, 0.3) is 5.91 Å². The van der Waals surface area contributed by atoms with E-state index in [0.29, 0.717) is 36.5 Å². The molecule has 6 rings (SSSR count). The van der Waals surface area contributed by atoms with E-state index in [1.165, 1.54) is 47.8 Å². The predicted octanol–water partition coefficient (Wildman–Crippen LogP) is 3.49. The maximum Gasteiger partial charge on any atom is 0.270 e. The van der Waals surface area contributed by atoms with Gasteiger partial charge in [-0.15, -0.1) is 0 Å². The van der Waals surface area contributed by atoms with E-state index in [0.717, 1.165) is 35.3 Å². The lowest BCUT2D eigenvalue weighted by Gasteiger charge is -2.30. The second-order valence-corrected chi connectivity index (χ2v) is 10.9. The molecular weight excluding hydrogens is 492 g/mol. The first-order valence-electron chi connectivity index (χ1n) is 13.5. The lowest BCUT2D eigenvalue weighted by atomic mass is 10.0. The minimum absolute atomic E-state index is 0.120. The van der Waals surface area contributed by atoms with Crippen LogP contribution in [-0.2, 0) is 29.7 Å². The van der Waals surface area contributed by atoms with Crippen LogP contribution in [0.25, 0.3) is 11.3 Å². The molecule has 0 saturated heterocycles. The molecule has 2 aliphatic carbocycles. The third-order valence-electron chi connectivity index (χ3n) is 8.61. The Bertz CT molecular complexity index is 1490. The molecule has 0 bridgehead atoms. The van der Waals surface area contributed by atoms with Gasteiger partial charge in [-0.05, 0) is 72.9 Å². The Morgan fingerprint density at radius 2 is 2.05 bits per heavy atom. The number of rotatable bonds is 8. The summed E-state index contributed by atoms with van der Waals surface area (Å²) in [5.74, 6) is 0.562. The number of aryl methyl sites for hydroxylation is 1. The van der Waals surface area contributed by atoms with Crippen molar-refractivity contribution in [3.8, 4) is 17.0 Å². The lowest BCUT2D eigenvalue weighted by Crippen LogP contribution is -2.40. The van der Waals surface area contributed by atoms with Gasteiger partial charge < -0.3 is 24.8 Å². The number of hydrogen-bond donors (Lipinski definition) is 1.